The molecule has 2 amide bonds. The van der Waals surface area contributed by atoms with Crippen LogP contribution in [0, 0.1) is 5.41 Å². The van der Waals surface area contributed by atoms with Crippen molar-refractivity contribution in [3.05, 3.63) is 29.8 Å². The number of piperidine rings is 1. The van der Waals surface area contributed by atoms with Crippen molar-refractivity contribution in [3.8, 4) is 0 Å². The topological polar surface area (TPSA) is 105 Å². The maximum atomic E-state index is 13.0. The van der Waals surface area contributed by atoms with E-state index in [0.717, 1.165) is 6.42 Å². The molecule has 8 heteroatoms. The van der Waals surface area contributed by atoms with Crippen molar-refractivity contribution in [1.29, 1.82) is 0 Å². The quantitative estimate of drug-likeness (QED) is 0.767. The lowest BCUT2D eigenvalue weighted by Crippen LogP contribution is -2.52. The molecule has 0 aromatic heterocycles. The first-order chi connectivity index (χ1) is 13.4. The molecule has 1 aromatic carbocycles. The number of hydrogen-bond donors (Lipinski definition) is 2. The highest BCUT2D eigenvalue weighted by Gasteiger charge is 2.44. The van der Waals surface area contributed by atoms with Gasteiger partial charge in [0.25, 0.3) is 11.8 Å². The average molecular weight is 390 g/mol. The van der Waals surface area contributed by atoms with Crippen molar-refractivity contribution >= 4 is 23.5 Å². The Kier molecular flexibility index (Phi) is 6.31. The number of carboxylic acid groups (broad SMARTS) is 1. The van der Waals surface area contributed by atoms with Gasteiger partial charge in [0.15, 0.2) is 0 Å². The van der Waals surface area contributed by atoms with Gasteiger partial charge in [0.2, 0.25) is 0 Å². The molecule has 0 spiro atoms. The van der Waals surface area contributed by atoms with E-state index in [1.54, 1.807) is 29.2 Å². The molecule has 2 N–H and O–H groups in total. The maximum absolute atomic E-state index is 13.0. The maximum Gasteiger partial charge on any atom is 0.313 e. The molecule has 2 aliphatic rings. The number of amides is 2. The molecule has 1 aromatic rings. The monoisotopic (exact) mass is 390 g/mol. The minimum absolute atomic E-state index is 0.0591. The normalized spacial score (nSPS) is 24.8. The predicted octanol–water partition coefficient (Wildman–Crippen LogP) is 1.76. The van der Waals surface area contributed by atoms with Crippen molar-refractivity contribution in [1.82, 2.24) is 4.90 Å². The third-order valence-corrected chi connectivity index (χ3v) is 5.34. The van der Waals surface area contributed by atoms with Crippen LogP contribution < -0.4 is 5.32 Å². The van der Waals surface area contributed by atoms with E-state index in [0.29, 0.717) is 43.7 Å². The highest BCUT2D eigenvalue weighted by molar-refractivity contribution is 5.98. The van der Waals surface area contributed by atoms with Gasteiger partial charge < -0.3 is 24.8 Å². The van der Waals surface area contributed by atoms with Gasteiger partial charge in [0.1, 0.15) is 11.5 Å². The zero-order valence-electron chi connectivity index (χ0n) is 16.0. The number of nitrogens with one attached hydrogen (secondary N) is 1. The van der Waals surface area contributed by atoms with Crippen LogP contribution in [0.5, 0.6) is 0 Å². The lowest BCUT2D eigenvalue weighted by Gasteiger charge is -2.39. The fraction of sp³-hybridized carbons (Fsp3) is 0.550. The number of aliphatic carboxylic acids is 1. The van der Waals surface area contributed by atoms with Gasteiger partial charge in [-0.3, -0.25) is 14.4 Å². The van der Waals surface area contributed by atoms with Gasteiger partial charge in [0.05, 0.1) is 6.61 Å². The van der Waals surface area contributed by atoms with Gasteiger partial charge in [0, 0.05) is 38.1 Å². The van der Waals surface area contributed by atoms with E-state index < -0.39 is 17.5 Å². The second-order valence-electron chi connectivity index (χ2n) is 7.42. The first-order valence-corrected chi connectivity index (χ1v) is 9.49. The molecular formula is C20H26N2O6. The summed E-state index contributed by atoms with van der Waals surface area (Å²) in [7, 11) is 1.46. The van der Waals surface area contributed by atoms with Crippen molar-refractivity contribution < 1.29 is 29.0 Å². The molecular weight excluding hydrogens is 364 g/mol. The molecule has 0 aliphatic carbocycles. The molecule has 8 nitrogen and oxygen atoms in total. The molecule has 0 saturated carbocycles. The van der Waals surface area contributed by atoms with E-state index in [9.17, 15) is 19.5 Å². The minimum atomic E-state index is -1.09. The SMILES string of the molecule is COCC1(C(=O)O)CCCN(C(=O)c2cccc(NC(=O)C3CCCO3)c2)C1. The third kappa shape index (κ3) is 4.34. The zero-order valence-corrected chi connectivity index (χ0v) is 16.0. The van der Waals surface area contributed by atoms with Crippen LogP contribution in [0.4, 0.5) is 5.69 Å². The van der Waals surface area contributed by atoms with E-state index in [-0.39, 0.29) is 25.0 Å². The van der Waals surface area contributed by atoms with E-state index in [1.165, 1.54) is 7.11 Å². The fourth-order valence-electron chi connectivity index (χ4n) is 3.86. The Hall–Kier alpha value is -2.45. The molecule has 2 atom stereocenters. The van der Waals surface area contributed by atoms with Crippen LogP contribution in [0.25, 0.3) is 0 Å². The van der Waals surface area contributed by atoms with Gasteiger partial charge in [-0.1, -0.05) is 6.07 Å². The molecule has 2 unspecified atom stereocenters. The number of anilines is 1. The van der Waals surface area contributed by atoms with Crippen LogP contribution in [-0.2, 0) is 19.1 Å². The Morgan fingerprint density at radius 3 is 2.86 bits per heavy atom. The standard InChI is InChI=1S/C20H26N2O6/c1-27-13-20(19(25)26)8-4-9-22(12-20)18(24)14-5-2-6-15(11-14)21-17(23)16-7-3-10-28-16/h2,5-6,11,16H,3-4,7-10,12-13H2,1H3,(H,21,23)(H,25,26). The summed E-state index contributed by atoms with van der Waals surface area (Å²) in [5, 5.41) is 12.4. The lowest BCUT2D eigenvalue weighted by molar-refractivity contribution is -0.155. The zero-order chi connectivity index (χ0) is 20.1. The van der Waals surface area contributed by atoms with E-state index >= 15 is 0 Å². The Labute approximate surface area is 163 Å². The van der Waals surface area contributed by atoms with Crippen molar-refractivity contribution in [2.75, 3.05) is 38.7 Å². The lowest BCUT2D eigenvalue weighted by atomic mass is 9.80. The Morgan fingerprint density at radius 1 is 1.36 bits per heavy atom. The summed E-state index contributed by atoms with van der Waals surface area (Å²) in [6.45, 7) is 1.23. The number of carboxylic acids is 1. The number of nitrogens with zero attached hydrogens (tertiary/aromatic N) is 1. The van der Waals surface area contributed by atoms with Crippen molar-refractivity contribution in [2.24, 2.45) is 5.41 Å². The van der Waals surface area contributed by atoms with Crippen LogP contribution in [0.3, 0.4) is 0 Å². The van der Waals surface area contributed by atoms with Crippen LogP contribution >= 0.6 is 0 Å². The van der Waals surface area contributed by atoms with Crippen molar-refractivity contribution in [2.45, 2.75) is 31.8 Å². The number of rotatable bonds is 6. The predicted molar refractivity (Wildman–Crippen MR) is 101 cm³/mol. The second-order valence-corrected chi connectivity index (χ2v) is 7.42. The van der Waals surface area contributed by atoms with Gasteiger partial charge in [-0.25, -0.2) is 0 Å². The average Bonchev–Trinajstić information content (AvgIpc) is 3.23. The Balaban J connectivity index is 1.71. The van der Waals surface area contributed by atoms with Gasteiger partial charge >= 0.3 is 5.97 Å². The summed E-state index contributed by atoms with van der Waals surface area (Å²) in [6, 6.07) is 6.69. The van der Waals surface area contributed by atoms with Gasteiger partial charge in [-0.15, -0.1) is 0 Å². The highest BCUT2D eigenvalue weighted by Crippen LogP contribution is 2.31. The Morgan fingerprint density at radius 2 is 2.18 bits per heavy atom. The van der Waals surface area contributed by atoms with E-state index in [2.05, 4.69) is 5.32 Å². The second kappa shape index (κ2) is 8.70. The molecule has 0 bridgehead atoms. The summed E-state index contributed by atoms with van der Waals surface area (Å²) in [4.78, 5) is 38.5. The molecule has 3 rings (SSSR count). The number of benzene rings is 1. The first-order valence-electron chi connectivity index (χ1n) is 9.49. The molecule has 2 fully saturated rings. The van der Waals surface area contributed by atoms with E-state index in [1.807, 2.05) is 0 Å². The molecule has 28 heavy (non-hydrogen) atoms. The van der Waals surface area contributed by atoms with Gasteiger partial charge in [-0.2, -0.15) is 0 Å². The van der Waals surface area contributed by atoms with E-state index in [4.69, 9.17) is 9.47 Å². The molecule has 2 saturated heterocycles. The van der Waals surface area contributed by atoms with Gasteiger partial charge in [-0.05, 0) is 43.9 Å². The highest BCUT2D eigenvalue weighted by atomic mass is 16.5. The minimum Gasteiger partial charge on any atom is -0.481 e. The number of carbonyl (C=O) groups excluding carboxylic acids is 2. The largest absolute Gasteiger partial charge is 0.481 e. The van der Waals surface area contributed by atoms with Crippen LogP contribution in [-0.4, -0.2) is 67.3 Å². The third-order valence-electron chi connectivity index (χ3n) is 5.34. The molecule has 152 valence electrons. The Bertz CT molecular complexity index is 742. The smallest absolute Gasteiger partial charge is 0.313 e. The number of ether oxygens (including phenoxy) is 2. The number of carbonyl (C=O) groups is 3. The number of hydrogen-bond acceptors (Lipinski definition) is 5. The first kappa shape index (κ1) is 20.3. The molecule has 2 heterocycles. The van der Waals surface area contributed by atoms with Crippen LogP contribution in [0.15, 0.2) is 24.3 Å². The summed E-state index contributed by atoms with van der Waals surface area (Å²) in [5.41, 5.74) is -0.164. The molecule has 0 radical (unpaired) electrons. The van der Waals surface area contributed by atoms with Crippen LogP contribution in [0.2, 0.25) is 0 Å². The molecule has 2 aliphatic heterocycles. The van der Waals surface area contributed by atoms with Crippen molar-refractivity contribution in [3.63, 3.8) is 0 Å². The summed E-state index contributed by atoms with van der Waals surface area (Å²) >= 11 is 0. The summed E-state index contributed by atoms with van der Waals surface area (Å²) < 4.78 is 10.5. The number of methoxy groups -OCH3 is 1. The fourth-order valence-corrected chi connectivity index (χ4v) is 3.86. The summed E-state index contributed by atoms with van der Waals surface area (Å²) in [5.74, 6) is -1.43. The number of likely N-dealkylation sites (tertiary alicyclic amines) is 1. The summed E-state index contributed by atoms with van der Waals surface area (Å²) in [6.07, 6.45) is 2.16. The van der Waals surface area contributed by atoms with Crippen LogP contribution in [0.1, 0.15) is 36.0 Å².